The lowest BCUT2D eigenvalue weighted by atomic mass is 10.1. The van der Waals surface area contributed by atoms with Crippen LogP contribution < -0.4 is 10.5 Å². The van der Waals surface area contributed by atoms with E-state index in [0.717, 1.165) is 12.0 Å². The van der Waals surface area contributed by atoms with E-state index in [9.17, 15) is 8.42 Å². The van der Waals surface area contributed by atoms with Gasteiger partial charge in [-0.1, -0.05) is 26.0 Å². The van der Waals surface area contributed by atoms with Crippen LogP contribution in [0, 0.1) is 0 Å². The molecule has 0 heterocycles. The van der Waals surface area contributed by atoms with Crippen LogP contribution in [0.15, 0.2) is 29.2 Å². The van der Waals surface area contributed by atoms with Crippen LogP contribution in [-0.2, 0) is 10.0 Å². The van der Waals surface area contributed by atoms with Crippen LogP contribution in [0.3, 0.4) is 0 Å². The first-order valence-corrected chi connectivity index (χ1v) is 6.84. The molecule has 1 atom stereocenters. The van der Waals surface area contributed by atoms with E-state index in [1.165, 1.54) is 0 Å². The molecule has 0 saturated carbocycles. The lowest BCUT2D eigenvalue weighted by Crippen LogP contribution is -2.23. The number of hydrogen-bond acceptors (Lipinski definition) is 3. The maximum Gasteiger partial charge on any atom is 0.240 e. The Morgan fingerprint density at radius 1 is 1.38 bits per heavy atom. The third-order valence-corrected chi connectivity index (χ3v) is 3.91. The van der Waals surface area contributed by atoms with E-state index >= 15 is 0 Å². The van der Waals surface area contributed by atoms with E-state index < -0.39 is 10.0 Å². The molecule has 0 aromatic heterocycles. The van der Waals surface area contributed by atoms with E-state index in [2.05, 4.69) is 4.72 Å². The van der Waals surface area contributed by atoms with Crippen LogP contribution in [0.5, 0.6) is 0 Å². The fourth-order valence-electron chi connectivity index (χ4n) is 1.42. The number of sulfonamides is 1. The second-order valence-electron chi connectivity index (χ2n) is 3.59. The molecule has 0 radical (unpaired) electrons. The van der Waals surface area contributed by atoms with Crippen LogP contribution >= 0.6 is 0 Å². The zero-order chi connectivity index (χ0) is 12.2. The highest BCUT2D eigenvalue weighted by Crippen LogP contribution is 2.17. The highest BCUT2D eigenvalue weighted by Gasteiger charge is 2.14. The Morgan fingerprint density at radius 2 is 2.06 bits per heavy atom. The molecule has 16 heavy (non-hydrogen) atoms. The number of nitrogens with two attached hydrogens (primary N) is 1. The van der Waals surface area contributed by atoms with Gasteiger partial charge in [-0.25, -0.2) is 13.1 Å². The van der Waals surface area contributed by atoms with Gasteiger partial charge in [-0.05, 0) is 24.1 Å². The van der Waals surface area contributed by atoms with Crippen molar-refractivity contribution in [3.8, 4) is 0 Å². The highest BCUT2D eigenvalue weighted by atomic mass is 32.2. The molecule has 0 aliphatic heterocycles. The molecular weight excluding hydrogens is 224 g/mol. The van der Waals surface area contributed by atoms with Gasteiger partial charge >= 0.3 is 0 Å². The number of benzene rings is 1. The van der Waals surface area contributed by atoms with E-state index in [1.54, 1.807) is 25.1 Å². The topological polar surface area (TPSA) is 72.2 Å². The summed E-state index contributed by atoms with van der Waals surface area (Å²) < 4.78 is 25.9. The summed E-state index contributed by atoms with van der Waals surface area (Å²) in [5.74, 6) is 0. The third kappa shape index (κ3) is 3.04. The molecule has 1 rings (SSSR count). The van der Waals surface area contributed by atoms with Gasteiger partial charge in [-0.2, -0.15) is 0 Å². The van der Waals surface area contributed by atoms with Crippen LogP contribution in [-0.4, -0.2) is 15.0 Å². The van der Waals surface area contributed by atoms with E-state index in [-0.39, 0.29) is 10.9 Å². The smallest absolute Gasteiger partial charge is 0.240 e. The lowest BCUT2D eigenvalue weighted by molar-refractivity contribution is 0.583. The molecule has 4 nitrogen and oxygen atoms in total. The predicted octanol–water partition coefficient (Wildman–Crippen LogP) is 1.39. The average molecular weight is 242 g/mol. The Labute approximate surface area is 96.9 Å². The molecule has 3 N–H and O–H groups in total. The summed E-state index contributed by atoms with van der Waals surface area (Å²) in [6.45, 7) is 4.10. The molecule has 90 valence electrons. The molecule has 5 heteroatoms. The Balaban J connectivity index is 3.08. The molecule has 0 aliphatic rings. The summed E-state index contributed by atoms with van der Waals surface area (Å²) in [6, 6.07) is 6.65. The minimum absolute atomic E-state index is 0.114. The summed E-state index contributed by atoms with van der Waals surface area (Å²) in [4.78, 5) is 0.274. The quantitative estimate of drug-likeness (QED) is 0.819. The minimum atomic E-state index is -3.38. The first kappa shape index (κ1) is 13.2. The van der Waals surface area contributed by atoms with E-state index in [4.69, 9.17) is 5.73 Å². The van der Waals surface area contributed by atoms with Crippen molar-refractivity contribution in [3.63, 3.8) is 0 Å². The zero-order valence-corrected chi connectivity index (χ0v) is 10.4. The SMILES string of the molecule is CCNS(=O)(=O)c1cccc(C(N)CC)c1. The third-order valence-electron chi connectivity index (χ3n) is 2.37. The van der Waals surface area contributed by atoms with Gasteiger partial charge in [0.25, 0.3) is 0 Å². The van der Waals surface area contributed by atoms with Crippen molar-refractivity contribution in [1.29, 1.82) is 0 Å². The maximum absolute atomic E-state index is 11.7. The molecule has 0 spiro atoms. The Hall–Kier alpha value is -0.910. The lowest BCUT2D eigenvalue weighted by Gasteiger charge is -2.11. The van der Waals surface area contributed by atoms with Crippen molar-refractivity contribution >= 4 is 10.0 Å². The molecule has 0 saturated heterocycles. The summed E-state index contributed by atoms with van der Waals surface area (Å²) in [6.07, 6.45) is 0.782. The zero-order valence-electron chi connectivity index (χ0n) is 9.60. The van der Waals surface area contributed by atoms with Crippen molar-refractivity contribution < 1.29 is 8.42 Å². The normalized spacial score (nSPS) is 13.7. The van der Waals surface area contributed by atoms with Crippen molar-refractivity contribution in [2.24, 2.45) is 5.73 Å². The molecule has 0 bridgehead atoms. The fourth-order valence-corrected chi connectivity index (χ4v) is 2.52. The number of hydrogen-bond donors (Lipinski definition) is 2. The van der Waals surface area contributed by atoms with Crippen molar-refractivity contribution in [1.82, 2.24) is 4.72 Å². The number of rotatable bonds is 5. The van der Waals surface area contributed by atoms with Crippen molar-refractivity contribution in [3.05, 3.63) is 29.8 Å². The van der Waals surface area contributed by atoms with Gasteiger partial charge in [0.15, 0.2) is 0 Å². The monoisotopic (exact) mass is 242 g/mol. The van der Waals surface area contributed by atoms with Crippen LogP contribution in [0.25, 0.3) is 0 Å². The van der Waals surface area contributed by atoms with Gasteiger partial charge in [0.1, 0.15) is 0 Å². The van der Waals surface area contributed by atoms with Gasteiger partial charge in [0, 0.05) is 12.6 Å². The molecule has 1 unspecified atom stereocenters. The molecule has 0 fully saturated rings. The molecular formula is C11H18N2O2S. The van der Waals surface area contributed by atoms with Gasteiger partial charge in [0.2, 0.25) is 10.0 Å². The second-order valence-corrected chi connectivity index (χ2v) is 5.36. The van der Waals surface area contributed by atoms with Gasteiger partial charge in [-0.3, -0.25) is 0 Å². The minimum Gasteiger partial charge on any atom is -0.324 e. The van der Waals surface area contributed by atoms with Crippen molar-refractivity contribution in [2.75, 3.05) is 6.54 Å². The Kier molecular flexibility index (Phi) is 4.46. The van der Waals surface area contributed by atoms with Crippen molar-refractivity contribution in [2.45, 2.75) is 31.2 Å². The number of nitrogens with one attached hydrogen (secondary N) is 1. The maximum atomic E-state index is 11.7. The standard InChI is InChI=1S/C11H18N2O2S/c1-3-11(12)9-6-5-7-10(8-9)16(14,15)13-4-2/h5-8,11,13H,3-4,12H2,1-2H3. The molecule has 1 aromatic carbocycles. The summed E-state index contributed by atoms with van der Waals surface area (Å²) in [5.41, 5.74) is 6.71. The summed E-state index contributed by atoms with van der Waals surface area (Å²) in [5, 5.41) is 0. The second kappa shape index (κ2) is 5.43. The van der Waals surface area contributed by atoms with Gasteiger partial charge in [-0.15, -0.1) is 0 Å². The Bertz CT molecular complexity index is 443. The van der Waals surface area contributed by atoms with Crippen LogP contribution in [0.1, 0.15) is 31.9 Å². The first-order chi connectivity index (χ1) is 7.51. The van der Waals surface area contributed by atoms with Crippen LogP contribution in [0.2, 0.25) is 0 Å². The van der Waals surface area contributed by atoms with E-state index in [1.807, 2.05) is 13.0 Å². The Morgan fingerprint density at radius 3 is 2.62 bits per heavy atom. The summed E-state index contributed by atoms with van der Waals surface area (Å²) in [7, 11) is -3.38. The molecule has 0 amide bonds. The molecule has 1 aromatic rings. The fraction of sp³-hybridized carbons (Fsp3) is 0.455. The van der Waals surface area contributed by atoms with Gasteiger partial charge < -0.3 is 5.73 Å². The largest absolute Gasteiger partial charge is 0.324 e. The van der Waals surface area contributed by atoms with E-state index in [0.29, 0.717) is 6.54 Å². The summed E-state index contributed by atoms with van der Waals surface area (Å²) >= 11 is 0. The van der Waals surface area contributed by atoms with Gasteiger partial charge in [0.05, 0.1) is 4.90 Å². The van der Waals surface area contributed by atoms with Crippen LogP contribution in [0.4, 0.5) is 0 Å². The predicted molar refractivity (Wildman–Crippen MR) is 64.5 cm³/mol. The molecule has 0 aliphatic carbocycles. The average Bonchev–Trinajstić information content (AvgIpc) is 2.28. The first-order valence-electron chi connectivity index (χ1n) is 5.36. The highest BCUT2D eigenvalue weighted by molar-refractivity contribution is 7.89.